The van der Waals surface area contributed by atoms with Crippen molar-refractivity contribution in [2.45, 2.75) is 33.2 Å². The number of methoxy groups -OCH3 is 1. The Balaban J connectivity index is 1.45. The maximum Gasteiger partial charge on any atom is 0.251 e. The van der Waals surface area contributed by atoms with E-state index in [4.69, 9.17) is 9.47 Å². The maximum atomic E-state index is 12.1. The van der Waals surface area contributed by atoms with Crippen LogP contribution in [0.5, 0.6) is 5.75 Å². The van der Waals surface area contributed by atoms with Gasteiger partial charge < -0.3 is 14.8 Å². The van der Waals surface area contributed by atoms with Gasteiger partial charge in [-0.25, -0.2) is 4.68 Å². The van der Waals surface area contributed by atoms with Gasteiger partial charge in [0.1, 0.15) is 11.3 Å². The van der Waals surface area contributed by atoms with Crippen LogP contribution < -0.4 is 10.1 Å². The van der Waals surface area contributed by atoms with E-state index in [1.165, 1.54) is 11.1 Å². The van der Waals surface area contributed by atoms with Crippen LogP contribution in [-0.4, -0.2) is 47.8 Å². The number of nitrogens with one attached hydrogen (secondary N) is 1. The van der Waals surface area contributed by atoms with Gasteiger partial charge >= 0.3 is 0 Å². The van der Waals surface area contributed by atoms with E-state index in [0.717, 1.165) is 36.2 Å². The van der Waals surface area contributed by atoms with E-state index >= 15 is 0 Å². The Hall–Kier alpha value is -2.93. The number of benzene rings is 2. The summed E-state index contributed by atoms with van der Waals surface area (Å²) in [6, 6.07) is 11.4. The highest BCUT2D eigenvalue weighted by molar-refractivity contribution is 5.94. The third-order valence-corrected chi connectivity index (χ3v) is 4.84. The van der Waals surface area contributed by atoms with Crippen LogP contribution in [0.1, 0.15) is 34.3 Å². The number of hydrogen-bond acceptors (Lipinski definition) is 5. The van der Waals surface area contributed by atoms with Crippen LogP contribution in [0.4, 0.5) is 0 Å². The normalized spacial score (nSPS) is 11.0. The second kappa shape index (κ2) is 10.0. The first-order chi connectivity index (χ1) is 14.1. The Kier molecular flexibility index (Phi) is 7.19. The molecule has 0 aliphatic heterocycles. The fourth-order valence-corrected chi connectivity index (χ4v) is 3.02. The average molecular weight is 396 g/mol. The molecule has 0 atom stereocenters. The van der Waals surface area contributed by atoms with E-state index in [1.54, 1.807) is 19.2 Å². The molecular weight excluding hydrogens is 368 g/mol. The monoisotopic (exact) mass is 396 g/mol. The minimum Gasteiger partial charge on any atom is -0.494 e. The minimum atomic E-state index is -0.0868. The Bertz CT molecular complexity index is 951. The van der Waals surface area contributed by atoms with Crippen LogP contribution in [0.2, 0.25) is 0 Å². The Morgan fingerprint density at radius 3 is 2.59 bits per heavy atom. The lowest BCUT2D eigenvalue weighted by Crippen LogP contribution is -2.25. The second-order valence-corrected chi connectivity index (χ2v) is 7.07. The SMILES string of the molecule is COCCCNC(=O)c1ccc(OCCCn2nnc3cc(C)c(C)cc32)cc1. The average Bonchev–Trinajstić information content (AvgIpc) is 3.11. The minimum absolute atomic E-state index is 0.0868. The summed E-state index contributed by atoms with van der Waals surface area (Å²) in [5, 5.41) is 11.4. The van der Waals surface area contributed by atoms with Crippen molar-refractivity contribution in [1.29, 1.82) is 0 Å². The zero-order chi connectivity index (χ0) is 20.6. The van der Waals surface area contributed by atoms with E-state index in [9.17, 15) is 4.79 Å². The summed E-state index contributed by atoms with van der Waals surface area (Å²) in [6.07, 6.45) is 1.61. The molecule has 1 amide bonds. The molecule has 0 aliphatic rings. The van der Waals surface area contributed by atoms with Crippen LogP contribution in [0.25, 0.3) is 11.0 Å². The molecule has 0 spiro atoms. The van der Waals surface area contributed by atoms with Crippen LogP contribution in [0.15, 0.2) is 36.4 Å². The third kappa shape index (κ3) is 5.54. The fourth-order valence-electron chi connectivity index (χ4n) is 3.02. The first-order valence-corrected chi connectivity index (χ1v) is 9.89. The summed E-state index contributed by atoms with van der Waals surface area (Å²) in [7, 11) is 1.65. The molecule has 3 rings (SSSR count). The fraction of sp³-hybridized carbons (Fsp3) is 0.409. The Labute approximate surface area is 171 Å². The van der Waals surface area contributed by atoms with Crippen molar-refractivity contribution in [2.75, 3.05) is 26.9 Å². The van der Waals surface area contributed by atoms with Gasteiger partial charge in [0.15, 0.2) is 0 Å². The van der Waals surface area contributed by atoms with Crippen molar-refractivity contribution < 1.29 is 14.3 Å². The summed E-state index contributed by atoms with van der Waals surface area (Å²) in [5.74, 6) is 0.659. The number of nitrogens with zero attached hydrogens (tertiary/aromatic N) is 3. The van der Waals surface area contributed by atoms with E-state index in [1.807, 2.05) is 16.8 Å². The molecule has 0 aliphatic carbocycles. The molecular formula is C22H28N4O3. The van der Waals surface area contributed by atoms with E-state index in [0.29, 0.717) is 25.3 Å². The molecule has 29 heavy (non-hydrogen) atoms. The van der Waals surface area contributed by atoms with Gasteiger partial charge in [-0.2, -0.15) is 0 Å². The van der Waals surface area contributed by atoms with Crippen LogP contribution >= 0.6 is 0 Å². The standard InChI is InChI=1S/C22H28N4O3/c1-16-14-20-21(15-17(16)2)26(25-24-20)11-5-13-29-19-8-6-18(7-9-19)22(27)23-10-4-12-28-3/h6-9,14-15H,4-5,10-13H2,1-3H3,(H,23,27). The lowest BCUT2D eigenvalue weighted by molar-refractivity contribution is 0.0948. The van der Waals surface area contributed by atoms with Crippen LogP contribution in [0.3, 0.4) is 0 Å². The summed E-state index contributed by atoms with van der Waals surface area (Å²) < 4.78 is 12.7. The molecule has 0 unspecified atom stereocenters. The molecule has 1 N–H and O–H groups in total. The lowest BCUT2D eigenvalue weighted by atomic mass is 10.1. The smallest absolute Gasteiger partial charge is 0.251 e. The molecule has 7 heteroatoms. The van der Waals surface area contributed by atoms with Crippen molar-refractivity contribution in [3.8, 4) is 5.75 Å². The molecule has 7 nitrogen and oxygen atoms in total. The van der Waals surface area contributed by atoms with E-state index in [-0.39, 0.29) is 5.91 Å². The molecule has 0 radical (unpaired) electrons. The molecule has 0 saturated carbocycles. The number of carbonyl (C=O) groups excluding carboxylic acids is 1. The van der Waals surface area contributed by atoms with Gasteiger partial charge in [-0.3, -0.25) is 4.79 Å². The number of ether oxygens (including phenoxy) is 2. The van der Waals surface area contributed by atoms with Gasteiger partial charge in [-0.1, -0.05) is 5.21 Å². The molecule has 154 valence electrons. The highest BCUT2D eigenvalue weighted by Gasteiger charge is 2.07. The Morgan fingerprint density at radius 1 is 1.07 bits per heavy atom. The summed E-state index contributed by atoms with van der Waals surface area (Å²) in [6.45, 7) is 6.71. The number of carbonyl (C=O) groups is 1. The third-order valence-electron chi connectivity index (χ3n) is 4.84. The van der Waals surface area contributed by atoms with Gasteiger partial charge in [-0.05, 0) is 67.8 Å². The first kappa shape index (κ1) is 20.8. The van der Waals surface area contributed by atoms with Crippen LogP contribution in [0, 0.1) is 13.8 Å². The molecule has 0 fully saturated rings. The van der Waals surface area contributed by atoms with Crippen molar-refractivity contribution in [3.05, 3.63) is 53.1 Å². The molecule has 1 aromatic heterocycles. The number of rotatable bonds is 10. The van der Waals surface area contributed by atoms with Crippen LogP contribution in [-0.2, 0) is 11.3 Å². The zero-order valence-electron chi connectivity index (χ0n) is 17.3. The van der Waals surface area contributed by atoms with Crippen molar-refractivity contribution in [1.82, 2.24) is 20.3 Å². The first-order valence-electron chi connectivity index (χ1n) is 9.89. The van der Waals surface area contributed by atoms with Gasteiger partial charge in [-0.15, -0.1) is 5.10 Å². The summed E-state index contributed by atoms with van der Waals surface area (Å²) in [5.41, 5.74) is 5.05. The number of fused-ring (bicyclic) bond motifs is 1. The molecule has 1 heterocycles. The highest BCUT2D eigenvalue weighted by Crippen LogP contribution is 2.17. The highest BCUT2D eigenvalue weighted by atomic mass is 16.5. The predicted molar refractivity (Wildman–Crippen MR) is 112 cm³/mol. The maximum absolute atomic E-state index is 12.1. The van der Waals surface area contributed by atoms with Gasteiger partial charge in [0.05, 0.1) is 12.1 Å². The van der Waals surface area contributed by atoms with Crippen molar-refractivity contribution >= 4 is 16.9 Å². The second-order valence-electron chi connectivity index (χ2n) is 7.07. The number of amides is 1. The largest absolute Gasteiger partial charge is 0.494 e. The van der Waals surface area contributed by atoms with Crippen molar-refractivity contribution in [2.24, 2.45) is 0 Å². The zero-order valence-corrected chi connectivity index (χ0v) is 17.3. The molecule has 0 saturated heterocycles. The molecule has 2 aromatic carbocycles. The number of hydrogen-bond donors (Lipinski definition) is 1. The van der Waals surface area contributed by atoms with E-state index < -0.39 is 0 Å². The summed E-state index contributed by atoms with van der Waals surface area (Å²) in [4.78, 5) is 12.1. The Morgan fingerprint density at radius 2 is 1.83 bits per heavy atom. The molecule has 0 bridgehead atoms. The topological polar surface area (TPSA) is 78.3 Å². The number of aryl methyl sites for hydroxylation is 3. The predicted octanol–water partition coefficient (Wildman–Crippen LogP) is 3.28. The number of aromatic nitrogens is 3. The van der Waals surface area contributed by atoms with Gasteiger partial charge in [0.25, 0.3) is 5.91 Å². The van der Waals surface area contributed by atoms with Gasteiger partial charge in [0.2, 0.25) is 0 Å². The quantitative estimate of drug-likeness (QED) is 0.532. The van der Waals surface area contributed by atoms with Gasteiger partial charge in [0, 0.05) is 38.8 Å². The van der Waals surface area contributed by atoms with Crippen molar-refractivity contribution in [3.63, 3.8) is 0 Å². The lowest BCUT2D eigenvalue weighted by Gasteiger charge is -2.08. The molecule has 3 aromatic rings. The summed E-state index contributed by atoms with van der Waals surface area (Å²) >= 11 is 0. The van der Waals surface area contributed by atoms with E-state index in [2.05, 4.69) is 41.6 Å².